The van der Waals surface area contributed by atoms with E-state index in [2.05, 4.69) is 23.0 Å². The number of hydrogen-bond acceptors (Lipinski definition) is 2. The predicted octanol–water partition coefficient (Wildman–Crippen LogP) is 2.91. The second-order valence-electron chi connectivity index (χ2n) is 3.14. The second-order valence-corrected chi connectivity index (χ2v) is 3.14. The van der Waals surface area contributed by atoms with Crippen LogP contribution in [0.3, 0.4) is 0 Å². The minimum atomic E-state index is 0.877. The van der Waals surface area contributed by atoms with Crippen LogP contribution in [0, 0.1) is 13.8 Å². The van der Waals surface area contributed by atoms with E-state index in [9.17, 15) is 0 Å². The summed E-state index contributed by atoms with van der Waals surface area (Å²) in [5, 5.41) is 0. The zero-order valence-corrected chi connectivity index (χ0v) is 8.76. The normalized spacial score (nSPS) is 11.8. The lowest BCUT2D eigenvalue weighted by atomic mass is 10.2. The number of nitrogens with zero attached hydrogens (tertiary/aromatic N) is 2. The standard InChI is InChI=1S/C11H16N2/c1-5-10(6-2)11-12-8(3)7-9(4)13-11/h5,7H,6H2,1-4H3. The Labute approximate surface area is 79.7 Å². The summed E-state index contributed by atoms with van der Waals surface area (Å²) in [6, 6.07) is 1.99. The molecule has 0 aliphatic heterocycles. The Morgan fingerprint density at radius 3 is 2.23 bits per heavy atom. The molecule has 1 heterocycles. The Bertz CT molecular complexity index is 307. The molecule has 1 aromatic rings. The molecule has 0 saturated heterocycles. The molecule has 0 aliphatic carbocycles. The first-order valence-electron chi connectivity index (χ1n) is 4.65. The van der Waals surface area contributed by atoms with Gasteiger partial charge in [0.25, 0.3) is 0 Å². The molecule has 1 aromatic heterocycles. The van der Waals surface area contributed by atoms with Gasteiger partial charge in [-0.3, -0.25) is 0 Å². The molecule has 0 amide bonds. The molecule has 2 heteroatoms. The van der Waals surface area contributed by atoms with E-state index < -0.39 is 0 Å². The highest BCUT2D eigenvalue weighted by atomic mass is 14.9. The van der Waals surface area contributed by atoms with Crippen LogP contribution in [0.25, 0.3) is 5.57 Å². The van der Waals surface area contributed by atoms with E-state index in [1.54, 1.807) is 0 Å². The van der Waals surface area contributed by atoms with Crippen LogP contribution in [0.5, 0.6) is 0 Å². The largest absolute Gasteiger partial charge is 0.234 e. The number of rotatable bonds is 2. The lowest BCUT2D eigenvalue weighted by Crippen LogP contribution is -1.97. The van der Waals surface area contributed by atoms with E-state index in [0.717, 1.165) is 23.6 Å². The van der Waals surface area contributed by atoms with Gasteiger partial charge in [-0.15, -0.1) is 0 Å². The lowest BCUT2D eigenvalue weighted by molar-refractivity contribution is 0.999. The van der Waals surface area contributed by atoms with E-state index in [4.69, 9.17) is 0 Å². The van der Waals surface area contributed by atoms with Gasteiger partial charge in [0, 0.05) is 11.4 Å². The van der Waals surface area contributed by atoms with Crippen molar-refractivity contribution in [3.05, 3.63) is 29.4 Å². The zero-order valence-electron chi connectivity index (χ0n) is 8.76. The van der Waals surface area contributed by atoms with Crippen molar-refractivity contribution in [2.75, 3.05) is 0 Å². The molecule has 0 aromatic carbocycles. The number of aryl methyl sites for hydroxylation is 2. The van der Waals surface area contributed by atoms with Crippen LogP contribution in [0.1, 0.15) is 37.5 Å². The maximum Gasteiger partial charge on any atom is 0.155 e. The Hall–Kier alpha value is -1.18. The van der Waals surface area contributed by atoms with Crippen molar-refractivity contribution < 1.29 is 0 Å². The van der Waals surface area contributed by atoms with Crippen molar-refractivity contribution in [2.45, 2.75) is 34.1 Å². The molecule has 0 saturated carbocycles. The Balaban J connectivity index is 3.14. The molecule has 0 aliphatic rings. The van der Waals surface area contributed by atoms with Gasteiger partial charge in [0.15, 0.2) is 5.82 Å². The molecule has 0 radical (unpaired) electrons. The van der Waals surface area contributed by atoms with Crippen LogP contribution < -0.4 is 0 Å². The van der Waals surface area contributed by atoms with Crippen LogP contribution in [0.4, 0.5) is 0 Å². The highest BCUT2D eigenvalue weighted by Crippen LogP contribution is 2.13. The van der Waals surface area contributed by atoms with Gasteiger partial charge in [0.05, 0.1) is 0 Å². The summed E-state index contributed by atoms with van der Waals surface area (Å²) < 4.78 is 0. The van der Waals surface area contributed by atoms with Crippen molar-refractivity contribution in [1.29, 1.82) is 0 Å². The molecule has 2 nitrogen and oxygen atoms in total. The molecule has 0 N–H and O–H groups in total. The van der Waals surface area contributed by atoms with Gasteiger partial charge in [-0.05, 0) is 38.8 Å². The molecular weight excluding hydrogens is 160 g/mol. The van der Waals surface area contributed by atoms with Crippen LogP contribution >= 0.6 is 0 Å². The molecule has 0 unspecified atom stereocenters. The summed E-state index contributed by atoms with van der Waals surface area (Å²) in [6.07, 6.45) is 3.06. The number of allylic oxidation sites excluding steroid dienone is 2. The Morgan fingerprint density at radius 1 is 1.31 bits per heavy atom. The van der Waals surface area contributed by atoms with Gasteiger partial charge in [-0.1, -0.05) is 13.0 Å². The molecule has 70 valence electrons. The van der Waals surface area contributed by atoms with Crippen molar-refractivity contribution in [3.8, 4) is 0 Å². The van der Waals surface area contributed by atoms with Gasteiger partial charge in [-0.25, -0.2) is 9.97 Å². The summed E-state index contributed by atoms with van der Waals surface area (Å²) in [5.74, 6) is 0.877. The van der Waals surface area contributed by atoms with E-state index in [-0.39, 0.29) is 0 Å². The predicted molar refractivity (Wildman–Crippen MR) is 55.4 cm³/mol. The van der Waals surface area contributed by atoms with Crippen molar-refractivity contribution in [1.82, 2.24) is 9.97 Å². The highest BCUT2D eigenvalue weighted by Gasteiger charge is 2.02. The number of hydrogen-bond donors (Lipinski definition) is 0. The van der Waals surface area contributed by atoms with Gasteiger partial charge < -0.3 is 0 Å². The average Bonchev–Trinajstić information content (AvgIpc) is 2.04. The summed E-state index contributed by atoms with van der Waals surface area (Å²) in [5.41, 5.74) is 3.29. The van der Waals surface area contributed by atoms with E-state index in [1.165, 1.54) is 5.57 Å². The highest BCUT2D eigenvalue weighted by molar-refractivity contribution is 5.58. The maximum atomic E-state index is 4.40. The Kier molecular flexibility index (Phi) is 3.18. The fourth-order valence-electron chi connectivity index (χ4n) is 1.36. The third-order valence-corrected chi connectivity index (χ3v) is 2.00. The second kappa shape index (κ2) is 4.17. The minimum absolute atomic E-state index is 0.877. The summed E-state index contributed by atoms with van der Waals surface area (Å²) >= 11 is 0. The SMILES string of the molecule is CC=C(CC)c1nc(C)cc(C)n1. The molecule has 13 heavy (non-hydrogen) atoms. The summed E-state index contributed by atoms with van der Waals surface area (Å²) in [6.45, 7) is 8.15. The average molecular weight is 176 g/mol. The zero-order chi connectivity index (χ0) is 9.84. The fraction of sp³-hybridized carbons (Fsp3) is 0.455. The third kappa shape index (κ3) is 2.38. The van der Waals surface area contributed by atoms with Crippen LogP contribution in [0.15, 0.2) is 12.1 Å². The Morgan fingerprint density at radius 2 is 1.85 bits per heavy atom. The van der Waals surface area contributed by atoms with Crippen molar-refractivity contribution >= 4 is 5.57 Å². The van der Waals surface area contributed by atoms with Crippen LogP contribution in [-0.4, -0.2) is 9.97 Å². The lowest BCUT2D eigenvalue weighted by Gasteiger charge is -2.04. The fourth-order valence-corrected chi connectivity index (χ4v) is 1.36. The third-order valence-electron chi connectivity index (χ3n) is 2.00. The van der Waals surface area contributed by atoms with Crippen molar-refractivity contribution in [3.63, 3.8) is 0 Å². The first-order chi connectivity index (χ1) is 6.17. The van der Waals surface area contributed by atoms with Gasteiger partial charge in [0.2, 0.25) is 0 Å². The minimum Gasteiger partial charge on any atom is -0.234 e. The summed E-state index contributed by atoms with van der Waals surface area (Å²) in [4.78, 5) is 8.79. The van der Waals surface area contributed by atoms with Crippen molar-refractivity contribution in [2.24, 2.45) is 0 Å². The molecule has 0 bridgehead atoms. The molecule has 0 fully saturated rings. The maximum absolute atomic E-state index is 4.40. The quantitative estimate of drug-likeness (QED) is 0.692. The van der Waals surface area contributed by atoms with Crippen LogP contribution in [-0.2, 0) is 0 Å². The smallest absolute Gasteiger partial charge is 0.155 e. The van der Waals surface area contributed by atoms with Gasteiger partial charge in [-0.2, -0.15) is 0 Å². The van der Waals surface area contributed by atoms with E-state index in [1.807, 2.05) is 26.8 Å². The first kappa shape index (κ1) is 9.90. The van der Waals surface area contributed by atoms with E-state index >= 15 is 0 Å². The molecule has 0 atom stereocenters. The monoisotopic (exact) mass is 176 g/mol. The molecule has 1 rings (SSSR count). The first-order valence-corrected chi connectivity index (χ1v) is 4.65. The van der Waals surface area contributed by atoms with Gasteiger partial charge >= 0.3 is 0 Å². The number of aromatic nitrogens is 2. The molecular formula is C11H16N2. The summed E-state index contributed by atoms with van der Waals surface area (Å²) in [7, 11) is 0. The van der Waals surface area contributed by atoms with E-state index in [0.29, 0.717) is 0 Å². The topological polar surface area (TPSA) is 25.8 Å². The molecule has 0 spiro atoms. The van der Waals surface area contributed by atoms with Crippen LogP contribution in [0.2, 0.25) is 0 Å². The van der Waals surface area contributed by atoms with Gasteiger partial charge in [0.1, 0.15) is 0 Å².